The standard InChI is InChI=1S/C9H14O2/c10-4-8-6-1-2-7(3-6)9(8)5-11/h1-2,6-11H,3-5H2/t6-,7-,8+,9+/m0/s1. The van der Waals surface area contributed by atoms with Crippen LogP contribution in [0.3, 0.4) is 0 Å². The molecule has 11 heavy (non-hydrogen) atoms. The summed E-state index contributed by atoms with van der Waals surface area (Å²) in [5, 5.41) is 18.1. The Kier molecular flexibility index (Phi) is 1.74. The van der Waals surface area contributed by atoms with E-state index in [0.29, 0.717) is 23.7 Å². The number of rotatable bonds is 2. The Hall–Kier alpha value is -0.340. The first-order chi connectivity index (χ1) is 5.36. The molecule has 0 aromatic heterocycles. The lowest BCUT2D eigenvalue weighted by atomic mass is 9.84. The van der Waals surface area contributed by atoms with Crippen LogP contribution in [-0.2, 0) is 0 Å². The number of aliphatic hydroxyl groups excluding tert-OH is 2. The van der Waals surface area contributed by atoms with Crippen LogP contribution in [0.4, 0.5) is 0 Å². The fraction of sp³-hybridized carbons (Fsp3) is 0.778. The second-order valence-electron chi connectivity index (χ2n) is 3.64. The van der Waals surface area contributed by atoms with Crippen molar-refractivity contribution in [2.45, 2.75) is 6.42 Å². The Balaban J connectivity index is 2.15. The highest BCUT2D eigenvalue weighted by Crippen LogP contribution is 2.47. The highest BCUT2D eigenvalue weighted by Gasteiger charge is 2.43. The summed E-state index contributed by atoms with van der Waals surface area (Å²) in [6, 6.07) is 0. The average molecular weight is 154 g/mol. The summed E-state index contributed by atoms with van der Waals surface area (Å²) in [6.07, 6.45) is 5.53. The zero-order valence-corrected chi connectivity index (χ0v) is 6.48. The van der Waals surface area contributed by atoms with Crippen LogP contribution in [0.25, 0.3) is 0 Å². The molecule has 2 aliphatic rings. The SMILES string of the molecule is OC[C@H]1[C@H](CO)[C@H]2C=C[C@H]1C2. The van der Waals surface area contributed by atoms with Gasteiger partial charge in [0.2, 0.25) is 0 Å². The van der Waals surface area contributed by atoms with Crippen molar-refractivity contribution in [1.29, 1.82) is 0 Å². The number of fused-ring (bicyclic) bond motifs is 2. The summed E-state index contributed by atoms with van der Waals surface area (Å²) in [5.74, 6) is 1.74. The van der Waals surface area contributed by atoms with E-state index in [1.54, 1.807) is 0 Å². The maximum Gasteiger partial charge on any atom is 0.0468 e. The quantitative estimate of drug-likeness (QED) is 0.565. The van der Waals surface area contributed by atoms with Crippen LogP contribution < -0.4 is 0 Å². The van der Waals surface area contributed by atoms with Gasteiger partial charge in [0.1, 0.15) is 0 Å². The molecule has 62 valence electrons. The van der Waals surface area contributed by atoms with Crippen LogP contribution in [-0.4, -0.2) is 23.4 Å². The minimum atomic E-state index is 0.233. The molecule has 0 aromatic carbocycles. The van der Waals surface area contributed by atoms with Gasteiger partial charge in [-0.2, -0.15) is 0 Å². The van der Waals surface area contributed by atoms with E-state index in [2.05, 4.69) is 12.2 Å². The largest absolute Gasteiger partial charge is 0.396 e. The third-order valence-electron chi connectivity index (χ3n) is 3.22. The Bertz CT molecular complexity index is 158. The number of allylic oxidation sites excluding steroid dienone is 2. The van der Waals surface area contributed by atoms with Gasteiger partial charge in [-0.3, -0.25) is 0 Å². The molecule has 0 aromatic rings. The van der Waals surface area contributed by atoms with Crippen molar-refractivity contribution < 1.29 is 10.2 Å². The van der Waals surface area contributed by atoms with Gasteiger partial charge >= 0.3 is 0 Å². The topological polar surface area (TPSA) is 40.5 Å². The van der Waals surface area contributed by atoms with Gasteiger partial charge in [-0.15, -0.1) is 0 Å². The van der Waals surface area contributed by atoms with Crippen LogP contribution in [0.5, 0.6) is 0 Å². The summed E-state index contributed by atoms with van der Waals surface area (Å²) >= 11 is 0. The zero-order valence-electron chi connectivity index (χ0n) is 6.48. The highest BCUT2D eigenvalue weighted by molar-refractivity contribution is 5.13. The first kappa shape index (κ1) is 7.32. The maximum absolute atomic E-state index is 9.04. The molecule has 2 heteroatoms. The van der Waals surface area contributed by atoms with Crippen LogP contribution >= 0.6 is 0 Å². The molecule has 0 radical (unpaired) electrons. The van der Waals surface area contributed by atoms with Gasteiger partial charge in [-0.05, 0) is 30.1 Å². The van der Waals surface area contributed by atoms with E-state index in [4.69, 9.17) is 10.2 Å². The third kappa shape index (κ3) is 0.932. The van der Waals surface area contributed by atoms with E-state index in [-0.39, 0.29) is 13.2 Å². The molecule has 0 spiro atoms. The fourth-order valence-electron chi connectivity index (χ4n) is 2.57. The molecule has 2 N–H and O–H groups in total. The molecular formula is C9H14O2. The van der Waals surface area contributed by atoms with Crippen molar-refractivity contribution in [3.8, 4) is 0 Å². The summed E-state index contributed by atoms with van der Waals surface area (Å²) in [6.45, 7) is 0.466. The van der Waals surface area contributed by atoms with Crippen molar-refractivity contribution in [2.24, 2.45) is 23.7 Å². The average Bonchev–Trinajstić information content (AvgIpc) is 2.60. The monoisotopic (exact) mass is 154 g/mol. The molecule has 2 aliphatic carbocycles. The van der Waals surface area contributed by atoms with E-state index in [1.807, 2.05) is 0 Å². The summed E-state index contributed by atoms with van der Waals surface area (Å²) in [5.41, 5.74) is 0. The summed E-state index contributed by atoms with van der Waals surface area (Å²) in [7, 11) is 0. The molecule has 1 fully saturated rings. The lowest BCUT2D eigenvalue weighted by molar-refractivity contribution is 0.112. The van der Waals surface area contributed by atoms with Crippen molar-refractivity contribution in [3.63, 3.8) is 0 Å². The van der Waals surface area contributed by atoms with Crippen molar-refractivity contribution >= 4 is 0 Å². The molecule has 2 nitrogen and oxygen atoms in total. The second kappa shape index (κ2) is 2.61. The zero-order chi connectivity index (χ0) is 7.84. The van der Waals surface area contributed by atoms with Gasteiger partial charge in [0, 0.05) is 13.2 Å². The van der Waals surface area contributed by atoms with E-state index in [9.17, 15) is 0 Å². The van der Waals surface area contributed by atoms with E-state index in [0.717, 1.165) is 6.42 Å². The van der Waals surface area contributed by atoms with Gasteiger partial charge in [0.05, 0.1) is 0 Å². The Labute approximate surface area is 66.5 Å². The van der Waals surface area contributed by atoms with Crippen molar-refractivity contribution in [1.82, 2.24) is 0 Å². The van der Waals surface area contributed by atoms with E-state index in [1.165, 1.54) is 0 Å². The first-order valence-corrected chi connectivity index (χ1v) is 4.27. The van der Waals surface area contributed by atoms with E-state index >= 15 is 0 Å². The molecule has 4 atom stereocenters. The number of hydrogen-bond acceptors (Lipinski definition) is 2. The Morgan fingerprint density at radius 3 is 1.82 bits per heavy atom. The highest BCUT2D eigenvalue weighted by atomic mass is 16.3. The normalized spacial score (nSPS) is 47.1. The number of aliphatic hydroxyl groups is 2. The van der Waals surface area contributed by atoms with Crippen LogP contribution in [0, 0.1) is 23.7 Å². The molecule has 0 unspecified atom stereocenters. The smallest absolute Gasteiger partial charge is 0.0468 e. The lowest BCUT2D eigenvalue weighted by Gasteiger charge is -2.23. The molecular weight excluding hydrogens is 140 g/mol. The van der Waals surface area contributed by atoms with E-state index < -0.39 is 0 Å². The summed E-state index contributed by atoms with van der Waals surface area (Å²) in [4.78, 5) is 0. The lowest BCUT2D eigenvalue weighted by Crippen LogP contribution is -2.25. The predicted molar refractivity (Wildman–Crippen MR) is 41.9 cm³/mol. The fourth-order valence-corrected chi connectivity index (χ4v) is 2.57. The minimum Gasteiger partial charge on any atom is -0.396 e. The predicted octanol–water partition coefficient (Wildman–Crippen LogP) is 0.409. The summed E-state index contributed by atoms with van der Waals surface area (Å²) < 4.78 is 0. The Morgan fingerprint density at radius 2 is 1.45 bits per heavy atom. The minimum absolute atomic E-state index is 0.233. The van der Waals surface area contributed by atoms with Gasteiger partial charge in [0.25, 0.3) is 0 Å². The van der Waals surface area contributed by atoms with Crippen molar-refractivity contribution in [2.75, 3.05) is 13.2 Å². The van der Waals surface area contributed by atoms with Crippen LogP contribution in [0.15, 0.2) is 12.2 Å². The molecule has 0 saturated heterocycles. The third-order valence-corrected chi connectivity index (χ3v) is 3.22. The van der Waals surface area contributed by atoms with Gasteiger partial charge in [-0.25, -0.2) is 0 Å². The Morgan fingerprint density at radius 1 is 1.00 bits per heavy atom. The first-order valence-electron chi connectivity index (χ1n) is 4.27. The van der Waals surface area contributed by atoms with Crippen molar-refractivity contribution in [3.05, 3.63) is 12.2 Å². The molecule has 0 heterocycles. The van der Waals surface area contributed by atoms with Gasteiger partial charge in [-0.1, -0.05) is 12.2 Å². The van der Waals surface area contributed by atoms with Gasteiger partial charge < -0.3 is 10.2 Å². The molecule has 0 aliphatic heterocycles. The second-order valence-corrected chi connectivity index (χ2v) is 3.64. The molecule has 2 rings (SSSR count). The van der Waals surface area contributed by atoms with Gasteiger partial charge in [0.15, 0.2) is 0 Å². The maximum atomic E-state index is 9.04. The molecule has 1 saturated carbocycles. The van der Waals surface area contributed by atoms with Crippen LogP contribution in [0.1, 0.15) is 6.42 Å². The molecule has 2 bridgehead atoms. The molecule has 0 amide bonds. The van der Waals surface area contributed by atoms with Crippen LogP contribution in [0.2, 0.25) is 0 Å². The number of hydrogen-bond donors (Lipinski definition) is 2.